The predicted molar refractivity (Wildman–Crippen MR) is 161 cm³/mol. The van der Waals surface area contributed by atoms with Gasteiger partial charge in [-0.25, -0.2) is 9.37 Å². The number of fused-ring (bicyclic) bond motifs is 1. The van der Waals surface area contributed by atoms with Gasteiger partial charge in [-0.05, 0) is 68.4 Å². The van der Waals surface area contributed by atoms with Crippen molar-refractivity contribution < 1.29 is 9.13 Å². The van der Waals surface area contributed by atoms with Crippen LogP contribution in [0.3, 0.4) is 0 Å². The van der Waals surface area contributed by atoms with Crippen molar-refractivity contribution in [2.24, 2.45) is 5.10 Å². The summed E-state index contributed by atoms with van der Waals surface area (Å²) in [6, 6.07) is 21.8. The molecule has 0 unspecified atom stereocenters. The zero-order valence-corrected chi connectivity index (χ0v) is 24.7. The average molecular weight is 602 g/mol. The lowest BCUT2D eigenvalue weighted by atomic mass is 9.95. The van der Waals surface area contributed by atoms with Gasteiger partial charge < -0.3 is 9.30 Å². The van der Waals surface area contributed by atoms with E-state index in [4.69, 9.17) is 9.72 Å². The van der Waals surface area contributed by atoms with Gasteiger partial charge in [0, 0.05) is 38.1 Å². The molecule has 3 aromatic carbocycles. The Bertz CT molecular complexity index is 1800. The quantitative estimate of drug-likeness (QED) is 0.190. The average Bonchev–Trinajstić information content (AvgIpc) is 3.20. The second kappa shape index (κ2) is 10.8. The molecular formula is C32H30BrFN4O2. The van der Waals surface area contributed by atoms with Gasteiger partial charge >= 0.3 is 0 Å². The lowest BCUT2D eigenvalue weighted by Gasteiger charge is -2.20. The Labute approximate surface area is 240 Å². The first-order valence-electron chi connectivity index (χ1n) is 13.0. The van der Waals surface area contributed by atoms with Gasteiger partial charge in [0.05, 0.1) is 17.1 Å². The maximum absolute atomic E-state index is 13.9. The molecule has 0 atom stereocenters. The Morgan fingerprint density at radius 2 is 1.75 bits per heavy atom. The zero-order chi connectivity index (χ0) is 28.6. The molecule has 0 bridgehead atoms. The lowest BCUT2D eigenvalue weighted by molar-refractivity contribution is 0.300. The van der Waals surface area contributed by atoms with Gasteiger partial charge in [0.15, 0.2) is 0 Å². The molecule has 0 saturated heterocycles. The van der Waals surface area contributed by atoms with Crippen LogP contribution >= 0.6 is 15.9 Å². The molecule has 0 radical (unpaired) electrons. The highest BCUT2D eigenvalue weighted by Gasteiger charge is 2.23. The molecule has 5 aromatic rings. The van der Waals surface area contributed by atoms with Gasteiger partial charge in [0.1, 0.15) is 24.0 Å². The molecule has 5 rings (SSSR count). The van der Waals surface area contributed by atoms with E-state index in [0.717, 1.165) is 27.1 Å². The third-order valence-electron chi connectivity index (χ3n) is 6.71. The van der Waals surface area contributed by atoms with Crippen LogP contribution in [0.1, 0.15) is 49.1 Å². The van der Waals surface area contributed by atoms with E-state index in [2.05, 4.69) is 25.6 Å². The van der Waals surface area contributed by atoms with Crippen LogP contribution in [-0.2, 0) is 12.0 Å². The van der Waals surface area contributed by atoms with Crippen LogP contribution in [0.5, 0.6) is 5.75 Å². The minimum atomic E-state index is -0.398. The minimum absolute atomic E-state index is 0.157. The van der Waals surface area contributed by atoms with E-state index in [9.17, 15) is 9.18 Å². The summed E-state index contributed by atoms with van der Waals surface area (Å²) in [7, 11) is 0. The molecule has 2 aromatic heterocycles. The summed E-state index contributed by atoms with van der Waals surface area (Å²) in [5, 5.41) is 5.15. The van der Waals surface area contributed by atoms with Crippen LogP contribution in [0, 0.1) is 19.7 Å². The first-order valence-corrected chi connectivity index (χ1v) is 13.7. The van der Waals surface area contributed by atoms with Gasteiger partial charge in [-0.15, -0.1) is 0 Å². The first-order chi connectivity index (χ1) is 19.0. The first kappa shape index (κ1) is 27.5. The summed E-state index contributed by atoms with van der Waals surface area (Å²) >= 11 is 3.45. The summed E-state index contributed by atoms with van der Waals surface area (Å²) < 4.78 is 24.0. The van der Waals surface area contributed by atoms with E-state index < -0.39 is 5.41 Å². The van der Waals surface area contributed by atoms with E-state index >= 15 is 0 Å². The van der Waals surface area contributed by atoms with E-state index in [1.54, 1.807) is 30.5 Å². The van der Waals surface area contributed by atoms with Gasteiger partial charge in [0.2, 0.25) is 0 Å². The Balaban J connectivity index is 1.45. The van der Waals surface area contributed by atoms with Crippen molar-refractivity contribution in [1.29, 1.82) is 0 Å². The van der Waals surface area contributed by atoms with Crippen LogP contribution in [0.15, 0.2) is 87.2 Å². The van der Waals surface area contributed by atoms with Gasteiger partial charge in [-0.3, -0.25) is 4.79 Å². The Morgan fingerprint density at radius 1 is 1.02 bits per heavy atom. The number of nitrogens with zero attached hydrogens (tertiary/aromatic N) is 4. The molecule has 0 fully saturated rings. The Hall–Kier alpha value is -4.04. The number of halogens is 2. The highest BCUT2D eigenvalue weighted by molar-refractivity contribution is 9.10. The van der Waals surface area contributed by atoms with Crippen molar-refractivity contribution in [3.05, 3.63) is 122 Å². The normalized spacial score (nSPS) is 12.0. The SMILES string of the molecule is Cc1cc(C=Nn2c(C(C)(C)C)nc3ccc(Br)cc3c2=O)c(C)n1-c1ccc(OCc2ccccc2F)cc1. The Kier molecular flexibility index (Phi) is 7.47. The second-order valence-electron chi connectivity index (χ2n) is 10.7. The van der Waals surface area contributed by atoms with Crippen molar-refractivity contribution in [3.8, 4) is 11.4 Å². The van der Waals surface area contributed by atoms with Crippen molar-refractivity contribution in [2.75, 3.05) is 0 Å². The second-order valence-corrected chi connectivity index (χ2v) is 11.7. The fourth-order valence-corrected chi connectivity index (χ4v) is 5.01. The molecule has 8 heteroatoms. The molecule has 0 N–H and O–H groups in total. The standard InChI is InChI=1S/C32H30BrFN4O2/c1-20-16-23(18-35-38-30(39)27-17-24(33)10-15-29(27)36-31(38)32(3,4)5)21(2)37(20)25-11-13-26(14-12-25)40-19-22-8-6-7-9-28(22)34/h6-18H,19H2,1-5H3. The summed E-state index contributed by atoms with van der Waals surface area (Å²) in [4.78, 5) is 18.3. The number of hydrogen-bond donors (Lipinski definition) is 0. The van der Waals surface area contributed by atoms with Gasteiger partial charge in [0.25, 0.3) is 5.56 Å². The highest BCUT2D eigenvalue weighted by atomic mass is 79.9. The summed E-state index contributed by atoms with van der Waals surface area (Å²) in [6.07, 6.45) is 1.72. The lowest BCUT2D eigenvalue weighted by Crippen LogP contribution is -2.29. The van der Waals surface area contributed by atoms with Crippen LogP contribution in [0.25, 0.3) is 16.6 Å². The van der Waals surface area contributed by atoms with Crippen LogP contribution in [0.4, 0.5) is 4.39 Å². The number of benzene rings is 3. The maximum atomic E-state index is 13.9. The molecule has 0 spiro atoms. The molecule has 40 heavy (non-hydrogen) atoms. The maximum Gasteiger partial charge on any atom is 0.282 e. The zero-order valence-electron chi connectivity index (χ0n) is 23.1. The summed E-state index contributed by atoms with van der Waals surface area (Å²) in [5.41, 5.74) is 4.37. The third-order valence-corrected chi connectivity index (χ3v) is 7.20. The number of aromatic nitrogens is 3. The van der Waals surface area contributed by atoms with Crippen molar-refractivity contribution in [3.63, 3.8) is 0 Å². The third kappa shape index (κ3) is 5.49. The summed E-state index contributed by atoms with van der Waals surface area (Å²) in [5.74, 6) is 0.959. The number of ether oxygens (including phenoxy) is 1. The molecule has 0 amide bonds. The fraction of sp³-hybridized carbons (Fsp3) is 0.219. The van der Waals surface area contributed by atoms with E-state index in [0.29, 0.717) is 28.0 Å². The minimum Gasteiger partial charge on any atom is -0.489 e. The molecule has 0 aliphatic rings. The molecule has 0 saturated carbocycles. The predicted octanol–water partition coefficient (Wildman–Crippen LogP) is 7.46. The smallest absolute Gasteiger partial charge is 0.282 e. The molecule has 0 aliphatic heterocycles. The van der Waals surface area contributed by atoms with Crippen LogP contribution < -0.4 is 10.3 Å². The van der Waals surface area contributed by atoms with Crippen molar-refractivity contribution >= 4 is 33.0 Å². The summed E-state index contributed by atoms with van der Waals surface area (Å²) in [6.45, 7) is 10.2. The number of rotatable bonds is 6. The highest BCUT2D eigenvalue weighted by Crippen LogP contribution is 2.25. The molecule has 204 valence electrons. The monoisotopic (exact) mass is 600 g/mol. The topological polar surface area (TPSA) is 61.4 Å². The van der Waals surface area contributed by atoms with E-state index in [-0.39, 0.29) is 18.0 Å². The van der Waals surface area contributed by atoms with Crippen LogP contribution in [0.2, 0.25) is 0 Å². The van der Waals surface area contributed by atoms with E-state index in [1.165, 1.54) is 10.7 Å². The number of aryl methyl sites for hydroxylation is 1. The molecule has 6 nitrogen and oxygen atoms in total. The van der Waals surface area contributed by atoms with Crippen LogP contribution in [-0.4, -0.2) is 20.4 Å². The fourth-order valence-electron chi connectivity index (χ4n) is 4.64. The van der Waals surface area contributed by atoms with Crippen molar-refractivity contribution in [1.82, 2.24) is 14.2 Å². The molecule has 2 heterocycles. The van der Waals surface area contributed by atoms with E-state index in [1.807, 2.05) is 77.1 Å². The molecule has 0 aliphatic carbocycles. The molecular weight excluding hydrogens is 571 g/mol. The van der Waals surface area contributed by atoms with Crippen molar-refractivity contribution in [2.45, 2.75) is 46.6 Å². The van der Waals surface area contributed by atoms with Gasteiger partial charge in [-0.2, -0.15) is 9.78 Å². The largest absolute Gasteiger partial charge is 0.489 e. The Morgan fingerprint density at radius 3 is 2.45 bits per heavy atom. The van der Waals surface area contributed by atoms with Gasteiger partial charge in [-0.1, -0.05) is 54.9 Å². The number of hydrogen-bond acceptors (Lipinski definition) is 4.